The predicted molar refractivity (Wildman–Crippen MR) is 72.2 cm³/mol. The highest BCUT2D eigenvalue weighted by Crippen LogP contribution is 2.18. The molecule has 0 saturated carbocycles. The van der Waals surface area contributed by atoms with Crippen LogP contribution < -0.4 is 4.90 Å². The lowest BCUT2D eigenvalue weighted by Gasteiger charge is -2.35. The molecule has 0 aliphatic carbocycles. The second-order valence-electron chi connectivity index (χ2n) is 4.85. The number of piperazine rings is 1. The van der Waals surface area contributed by atoms with Crippen molar-refractivity contribution in [1.82, 2.24) is 19.5 Å². The van der Waals surface area contributed by atoms with Crippen LogP contribution in [0.4, 0.5) is 5.82 Å². The van der Waals surface area contributed by atoms with Crippen molar-refractivity contribution in [2.75, 3.05) is 31.1 Å². The molecule has 1 aliphatic rings. The molecule has 0 spiro atoms. The van der Waals surface area contributed by atoms with Gasteiger partial charge in [0, 0.05) is 50.9 Å². The van der Waals surface area contributed by atoms with Gasteiger partial charge < -0.3 is 9.80 Å². The van der Waals surface area contributed by atoms with Crippen LogP contribution in [0.3, 0.4) is 0 Å². The number of hydrogen-bond acceptors (Lipinski definition) is 4. The summed E-state index contributed by atoms with van der Waals surface area (Å²) >= 11 is 0. The first-order chi connectivity index (χ1) is 9.15. The Balaban J connectivity index is 1.89. The Bertz CT molecular complexity index is 613. The van der Waals surface area contributed by atoms with E-state index in [9.17, 15) is 4.79 Å². The van der Waals surface area contributed by atoms with E-state index >= 15 is 0 Å². The van der Waals surface area contributed by atoms with Crippen LogP contribution in [0.25, 0.3) is 5.65 Å². The molecular formula is C13H17N5O. The van der Waals surface area contributed by atoms with Crippen LogP contribution in [-0.2, 0) is 4.79 Å². The summed E-state index contributed by atoms with van der Waals surface area (Å²) in [6.07, 6.45) is 1.76. The zero-order valence-electron chi connectivity index (χ0n) is 11.2. The standard InChI is InChI=1S/C13H17N5O/c1-10-9-13(18-12(15-10)3-4-14-18)17-7-5-16(6-8-17)11(2)19/h3-4,9H,5-8H2,1-2H3. The summed E-state index contributed by atoms with van der Waals surface area (Å²) in [5.41, 5.74) is 1.85. The number of fused-ring (bicyclic) bond motifs is 1. The molecule has 3 rings (SSSR count). The van der Waals surface area contributed by atoms with Crippen LogP contribution >= 0.6 is 0 Å². The Morgan fingerprint density at radius 3 is 2.68 bits per heavy atom. The number of nitrogens with zero attached hydrogens (tertiary/aromatic N) is 5. The summed E-state index contributed by atoms with van der Waals surface area (Å²) < 4.78 is 1.86. The van der Waals surface area contributed by atoms with E-state index in [2.05, 4.69) is 15.0 Å². The number of aryl methyl sites for hydroxylation is 1. The average Bonchev–Trinajstić information content (AvgIpc) is 2.85. The van der Waals surface area contributed by atoms with Crippen LogP contribution in [0, 0.1) is 6.92 Å². The first kappa shape index (κ1) is 12.0. The Morgan fingerprint density at radius 2 is 2.00 bits per heavy atom. The maximum atomic E-state index is 11.3. The molecule has 0 aromatic carbocycles. The molecule has 1 saturated heterocycles. The second-order valence-corrected chi connectivity index (χ2v) is 4.85. The van der Waals surface area contributed by atoms with Gasteiger partial charge in [-0.2, -0.15) is 9.61 Å². The Hall–Kier alpha value is -2.11. The van der Waals surface area contributed by atoms with Crippen molar-refractivity contribution in [2.24, 2.45) is 0 Å². The summed E-state index contributed by atoms with van der Waals surface area (Å²) in [6, 6.07) is 3.95. The molecule has 3 heterocycles. The number of carbonyl (C=O) groups is 1. The number of aromatic nitrogens is 3. The van der Waals surface area contributed by atoms with E-state index < -0.39 is 0 Å². The third kappa shape index (κ3) is 2.14. The number of carbonyl (C=O) groups excluding carboxylic acids is 1. The van der Waals surface area contributed by atoms with Crippen LogP contribution in [-0.4, -0.2) is 51.6 Å². The van der Waals surface area contributed by atoms with Gasteiger partial charge in [-0.3, -0.25) is 4.79 Å². The van der Waals surface area contributed by atoms with Crippen LogP contribution in [0.15, 0.2) is 18.3 Å². The van der Waals surface area contributed by atoms with Gasteiger partial charge in [0.05, 0.1) is 6.20 Å². The molecule has 1 amide bonds. The molecular weight excluding hydrogens is 242 g/mol. The van der Waals surface area contributed by atoms with Gasteiger partial charge in [0.25, 0.3) is 0 Å². The number of rotatable bonds is 1. The fourth-order valence-electron chi connectivity index (χ4n) is 2.49. The first-order valence-corrected chi connectivity index (χ1v) is 6.47. The fourth-order valence-corrected chi connectivity index (χ4v) is 2.49. The molecule has 0 radical (unpaired) electrons. The molecule has 0 unspecified atom stereocenters. The van der Waals surface area contributed by atoms with Gasteiger partial charge in [0.1, 0.15) is 5.82 Å². The monoisotopic (exact) mass is 259 g/mol. The zero-order valence-corrected chi connectivity index (χ0v) is 11.2. The van der Waals surface area contributed by atoms with Crippen molar-refractivity contribution >= 4 is 17.4 Å². The van der Waals surface area contributed by atoms with Gasteiger partial charge in [-0.1, -0.05) is 0 Å². The average molecular weight is 259 g/mol. The summed E-state index contributed by atoms with van der Waals surface area (Å²) in [5.74, 6) is 1.20. The minimum Gasteiger partial charge on any atom is -0.353 e. The third-order valence-corrected chi connectivity index (χ3v) is 3.52. The second kappa shape index (κ2) is 4.53. The molecule has 0 N–H and O–H groups in total. The lowest BCUT2D eigenvalue weighted by Crippen LogP contribution is -2.48. The maximum Gasteiger partial charge on any atom is 0.219 e. The van der Waals surface area contributed by atoms with E-state index in [0.717, 1.165) is 43.3 Å². The van der Waals surface area contributed by atoms with E-state index in [1.54, 1.807) is 13.1 Å². The van der Waals surface area contributed by atoms with Gasteiger partial charge in [-0.25, -0.2) is 4.98 Å². The zero-order chi connectivity index (χ0) is 13.4. The summed E-state index contributed by atoms with van der Waals surface area (Å²) in [5, 5.41) is 4.32. The van der Waals surface area contributed by atoms with Gasteiger partial charge in [0.2, 0.25) is 5.91 Å². The fraction of sp³-hybridized carbons (Fsp3) is 0.462. The molecule has 1 fully saturated rings. The molecule has 0 atom stereocenters. The third-order valence-electron chi connectivity index (χ3n) is 3.52. The number of hydrogen-bond donors (Lipinski definition) is 0. The topological polar surface area (TPSA) is 53.7 Å². The molecule has 19 heavy (non-hydrogen) atoms. The van der Waals surface area contributed by atoms with Crippen LogP contribution in [0.2, 0.25) is 0 Å². The van der Waals surface area contributed by atoms with Crippen molar-refractivity contribution in [3.63, 3.8) is 0 Å². The molecule has 6 nitrogen and oxygen atoms in total. The van der Waals surface area contributed by atoms with Gasteiger partial charge in [-0.15, -0.1) is 0 Å². The minimum atomic E-state index is 0.148. The Kier molecular flexibility index (Phi) is 2.85. The number of amides is 1. The SMILES string of the molecule is CC(=O)N1CCN(c2cc(C)nc3ccnn23)CC1. The van der Waals surface area contributed by atoms with Crippen molar-refractivity contribution < 1.29 is 4.79 Å². The van der Waals surface area contributed by atoms with Crippen molar-refractivity contribution in [1.29, 1.82) is 0 Å². The number of anilines is 1. The van der Waals surface area contributed by atoms with E-state index in [1.165, 1.54) is 0 Å². The minimum absolute atomic E-state index is 0.148. The largest absolute Gasteiger partial charge is 0.353 e. The maximum absolute atomic E-state index is 11.3. The van der Waals surface area contributed by atoms with E-state index in [0.29, 0.717) is 0 Å². The van der Waals surface area contributed by atoms with Gasteiger partial charge >= 0.3 is 0 Å². The summed E-state index contributed by atoms with van der Waals surface area (Å²) in [6.45, 7) is 6.80. The van der Waals surface area contributed by atoms with Gasteiger partial charge in [0.15, 0.2) is 5.65 Å². The van der Waals surface area contributed by atoms with Crippen molar-refractivity contribution in [3.05, 3.63) is 24.0 Å². The van der Waals surface area contributed by atoms with Crippen molar-refractivity contribution in [3.8, 4) is 0 Å². The normalized spacial score (nSPS) is 16.1. The smallest absolute Gasteiger partial charge is 0.219 e. The summed E-state index contributed by atoms with van der Waals surface area (Å²) in [4.78, 5) is 19.9. The predicted octanol–water partition coefficient (Wildman–Crippen LogP) is 0.706. The highest BCUT2D eigenvalue weighted by molar-refractivity contribution is 5.73. The quantitative estimate of drug-likeness (QED) is 0.756. The summed E-state index contributed by atoms with van der Waals surface area (Å²) in [7, 11) is 0. The lowest BCUT2D eigenvalue weighted by atomic mass is 10.3. The molecule has 1 aliphatic heterocycles. The highest BCUT2D eigenvalue weighted by Gasteiger charge is 2.21. The molecule has 0 bridgehead atoms. The van der Waals surface area contributed by atoms with E-state index in [1.807, 2.05) is 28.5 Å². The highest BCUT2D eigenvalue weighted by atomic mass is 16.2. The molecule has 2 aromatic rings. The van der Waals surface area contributed by atoms with Gasteiger partial charge in [-0.05, 0) is 6.92 Å². The van der Waals surface area contributed by atoms with Crippen LogP contribution in [0.1, 0.15) is 12.6 Å². The first-order valence-electron chi connectivity index (χ1n) is 6.47. The van der Waals surface area contributed by atoms with Crippen LogP contribution in [0.5, 0.6) is 0 Å². The van der Waals surface area contributed by atoms with E-state index in [4.69, 9.17) is 0 Å². The molecule has 2 aromatic heterocycles. The lowest BCUT2D eigenvalue weighted by molar-refractivity contribution is -0.129. The Morgan fingerprint density at radius 1 is 1.26 bits per heavy atom. The van der Waals surface area contributed by atoms with Crippen molar-refractivity contribution in [2.45, 2.75) is 13.8 Å². The molecule has 100 valence electrons. The Labute approximate surface area is 111 Å². The van der Waals surface area contributed by atoms with E-state index in [-0.39, 0.29) is 5.91 Å². The molecule has 6 heteroatoms.